The summed E-state index contributed by atoms with van der Waals surface area (Å²) >= 11 is 0. The van der Waals surface area contributed by atoms with Gasteiger partial charge in [-0.25, -0.2) is 0 Å². The van der Waals surface area contributed by atoms with Gasteiger partial charge in [0.15, 0.2) is 0 Å². The molecule has 1 heteroatoms. The Kier molecular flexibility index (Phi) is 2.24. The average Bonchev–Trinajstić information content (AvgIpc) is 2.89. The van der Waals surface area contributed by atoms with Crippen LogP contribution in [0.5, 0.6) is 0 Å². The molecule has 2 saturated carbocycles. The predicted octanol–water partition coefficient (Wildman–Crippen LogP) is 3.65. The summed E-state index contributed by atoms with van der Waals surface area (Å²) in [7, 11) is 0. The minimum Gasteiger partial charge on any atom is -0.198 e. The van der Waals surface area contributed by atoms with Crippen LogP contribution in [-0.4, -0.2) is 0 Å². The standard InChI is InChI=1S/C15H17N/c1-10-2-4-11(5-3-10)15-13-7-6-12(8-13)14(15)9-16/h2-5,12-15H,6-8H2,1H3/t12-,13+,14+,15-/m0/s1. The van der Waals surface area contributed by atoms with Crippen molar-refractivity contribution in [1.29, 1.82) is 5.26 Å². The van der Waals surface area contributed by atoms with Gasteiger partial charge < -0.3 is 0 Å². The van der Waals surface area contributed by atoms with Gasteiger partial charge in [0.25, 0.3) is 0 Å². The van der Waals surface area contributed by atoms with E-state index < -0.39 is 0 Å². The molecule has 4 atom stereocenters. The van der Waals surface area contributed by atoms with Crippen LogP contribution in [0.3, 0.4) is 0 Å². The fraction of sp³-hybridized carbons (Fsp3) is 0.533. The number of hydrogen-bond acceptors (Lipinski definition) is 1. The molecule has 0 amide bonds. The molecular formula is C15H17N. The lowest BCUT2D eigenvalue weighted by Crippen LogP contribution is -2.19. The summed E-state index contributed by atoms with van der Waals surface area (Å²) in [6.45, 7) is 2.12. The van der Waals surface area contributed by atoms with Crippen LogP contribution in [0.2, 0.25) is 0 Å². The highest BCUT2D eigenvalue weighted by Gasteiger charge is 2.48. The molecule has 16 heavy (non-hydrogen) atoms. The van der Waals surface area contributed by atoms with Crippen molar-refractivity contribution >= 4 is 0 Å². The Labute approximate surface area is 97.1 Å². The quantitative estimate of drug-likeness (QED) is 0.695. The van der Waals surface area contributed by atoms with E-state index in [9.17, 15) is 5.26 Å². The van der Waals surface area contributed by atoms with Gasteiger partial charge in [0.05, 0.1) is 12.0 Å². The Morgan fingerprint density at radius 1 is 1.12 bits per heavy atom. The number of benzene rings is 1. The maximum absolute atomic E-state index is 9.32. The number of rotatable bonds is 1. The summed E-state index contributed by atoms with van der Waals surface area (Å²) in [6, 6.07) is 11.4. The molecule has 3 rings (SSSR count). The number of aryl methyl sites for hydroxylation is 1. The second-order valence-electron chi connectivity index (χ2n) is 5.42. The van der Waals surface area contributed by atoms with Crippen molar-refractivity contribution in [1.82, 2.24) is 0 Å². The van der Waals surface area contributed by atoms with Crippen LogP contribution in [0.4, 0.5) is 0 Å². The van der Waals surface area contributed by atoms with Crippen LogP contribution in [0.15, 0.2) is 24.3 Å². The van der Waals surface area contributed by atoms with E-state index in [1.165, 1.54) is 30.4 Å². The normalized spacial score (nSPS) is 36.2. The van der Waals surface area contributed by atoms with Crippen LogP contribution in [-0.2, 0) is 0 Å². The molecule has 0 aromatic heterocycles. The van der Waals surface area contributed by atoms with E-state index in [4.69, 9.17) is 0 Å². The monoisotopic (exact) mass is 211 g/mol. The second-order valence-corrected chi connectivity index (χ2v) is 5.42. The third-order valence-corrected chi connectivity index (χ3v) is 4.53. The third kappa shape index (κ3) is 1.37. The van der Waals surface area contributed by atoms with Crippen LogP contribution in [0.1, 0.15) is 36.3 Å². The maximum atomic E-state index is 9.32. The largest absolute Gasteiger partial charge is 0.198 e. The third-order valence-electron chi connectivity index (χ3n) is 4.53. The highest BCUT2D eigenvalue weighted by atomic mass is 14.5. The highest BCUT2D eigenvalue weighted by molar-refractivity contribution is 5.29. The molecule has 0 saturated heterocycles. The first-order chi connectivity index (χ1) is 7.79. The summed E-state index contributed by atoms with van der Waals surface area (Å²) in [6.07, 6.45) is 3.91. The lowest BCUT2D eigenvalue weighted by molar-refractivity contribution is 0.349. The molecule has 0 aliphatic heterocycles. The van der Waals surface area contributed by atoms with Crippen molar-refractivity contribution < 1.29 is 0 Å². The van der Waals surface area contributed by atoms with Gasteiger partial charge in [0.1, 0.15) is 0 Å². The smallest absolute Gasteiger partial charge is 0.0665 e. The zero-order chi connectivity index (χ0) is 11.1. The molecule has 2 bridgehead atoms. The van der Waals surface area contributed by atoms with Crippen LogP contribution >= 0.6 is 0 Å². The molecule has 0 N–H and O–H groups in total. The molecule has 2 aliphatic carbocycles. The summed E-state index contributed by atoms with van der Waals surface area (Å²) < 4.78 is 0. The highest BCUT2D eigenvalue weighted by Crippen LogP contribution is 2.56. The molecule has 2 aliphatic rings. The minimum atomic E-state index is 0.279. The van der Waals surface area contributed by atoms with Crippen molar-refractivity contribution in [2.24, 2.45) is 17.8 Å². The van der Waals surface area contributed by atoms with Gasteiger partial charge in [-0.2, -0.15) is 5.26 Å². The number of hydrogen-bond donors (Lipinski definition) is 0. The van der Waals surface area contributed by atoms with E-state index in [2.05, 4.69) is 37.3 Å². The Balaban J connectivity index is 1.95. The van der Waals surface area contributed by atoms with Gasteiger partial charge in [-0.15, -0.1) is 0 Å². The van der Waals surface area contributed by atoms with Crippen molar-refractivity contribution in [2.45, 2.75) is 32.1 Å². The first-order valence-corrected chi connectivity index (χ1v) is 6.26. The molecule has 0 unspecified atom stereocenters. The van der Waals surface area contributed by atoms with E-state index in [0.717, 1.165) is 5.92 Å². The number of nitriles is 1. The van der Waals surface area contributed by atoms with Crippen LogP contribution in [0.25, 0.3) is 0 Å². The van der Waals surface area contributed by atoms with Gasteiger partial charge in [0, 0.05) is 5.92 Å². The zero-order valence-electron chi connectivity index (χ0n) is 9.69. The molecule has 0 heterocycles. The fourth-order valence-corrected chi connectivity index (χ4v) is 3.75. The topological polar surface area (TPSA) is 23.8 Å². The van der Waals surface area contributed by atoms with Crippen molar-refractivity contribution in [3.63, 3.8) is 0 Å². The zero-order valence-corrected chi connectivity index (χ0v) is 9.69. The molecule has 82 valence electrons. The Hall–Kier alpha value is -1.29. The molecule has 1 aromatic rings. The van der Waals surface area contributed by atoms with E-state index in [-0.39, 0.29) is 5.92 Å². The summed E-state index contributed by atoms with van der Waals surface area (Å²) in [5.74, 6) is 2.25. The predicted molar refractivity (Wildman–Crippen MR) is 63.9 cm³/mol. The molecule has 2 fully saturated rings. The van der Waals surface area contributed by atoms with E-state index in [1.807, 2.05) is 0 Å². The Morgan fingerprint density at radius 3 is 2.50 bits per heavy atom. The lowest BCUT2D eigenvalue weighted by atomic mass is 9.76. The summed E-state index contributed by atoms with van der Waals surface area (Å²) in [4.78, 5) is 0. The van der Waals surface area contributed by atoms with Gasteiger partial charge in [-0.05, 0) is 43.6 Å². The van der Waals surface area contributed by atoms with Crippen molar-refractivity contribution in [3.05, 3.63) is 35.4 Å². The van der Waals surface area contributed by atoms with Gasteiger partial charge in [-0.1, -0.05) is 29.8 Å². The van der Waals surface area contributed by atoms with Gasteiger partial charge >= 0.3 is 0 Å². The Bertz CT molecular complexity index is 426. The first-order valence-electron chi connectivity index (χ1n) is 6.26. The minimum absolute atomic E-state index is 0.279. The van der Waals surface area contributed by atoms with Gasteiger partial charge in [-0.3, -0.25) is 0 Å². The lowest BCUT2D eigenvalue weighted by Gasteiger charge is -2.26. The fourth-order valence-electron chi connectivity index (χ4n) is 3.75. The summed E-state index contributed by atoms with van der Waals surface area (Å²) in [5.41, 5.74) is 2.70. The Morgan fingerprint density at radius 2 is 1.81 bits per heavy atom. The molecular weight excluding hydrogens is 194 g/mol. The number of fused-ring (bicyclic) bond motifs is 2. The second kappa shape index (κ2) is 3.63. The van der Waals surface area contributed by atoms with E-state index >= 15 is 0 Å². The van der Waals surface area contributed by atoms with E-state index in [1.54, 1.807) is 0 Å². The van der Waals surface area contributed by atoms with E-state index in [0.29, 0.717) is 11.8 Å². The average molecular weight is 211 g/mol. The van der Waals surface area contributed by atoms with Crippen molar-refractivity contribution in [3.8, 4) is 6.07 Å². The SMILES string of the molecule is Cc1ccc([C@H]2[C@@H]3CC[C@@H](C3)[C@H]2C#N)cc1. The van der Waals surface area contributed by atoms with Crippen LogP contribution in [0, 0.1) is 36.0 Å². The molecule has 0 radical (unpaired) electrons. The molecule has 1 aromatic carbocycles. The maximum Gasteiger partial charge on any atom is 0.0665 e. The molecule has 0 spiro atoms. The van der Waals surface area contributed by atoms with Crippen molar-refractivity contribution in [2.75, 3.05) is 0 Å². The van der Waals surface area contributed by atoms with Gasteiger partial charge in [0.2, 0.25) is 0 Å². The van der Waals surface area contributed by atoms with Crippen LogP contribution < -0.4 is 0 Å². The number of nitrogens with zero attached hydrogens (tertiary/aromatic N) is 1. The summed E-state index contributed by atoms with van der Waals surface area (Å²) in [5, 5.41) is 9.32. The first kappa shape index (κ1) is 9.90. The molecule has 1 nitrogen and oxygen atoms in total.